The maximum atomic E-state index is 12.1. The lowest BCUT2D eigenvalue weighted by molar-refractivity contribution is -0.118. The van der Waals surface area contributed by atoms with Crippen molar-refractivity contribution < 1.29 is 4.79 Å². The highest BCUT2D eigenvalue weighted by atomic mass is 32.2. The molecular weight excluding hydrogens is 326 g/mol. The summed E-state index contributed by atoms with van der Waals surface area (Å²) in [6.07, 6.45) is 4.07. The van der Waals surface area contributed by atoms with Gasteiger partial charge in [-0.25, -0.2) is 4.98 Å². The second-order valence-electron chi connectivity index (χ2n) is 6.12. The fourth-order valence-electron chi connectivity index (χ4n) is 3.41. The number of hydrogen-bond donors (Lipinski definition) is 1. The van der Waals surface area contributed by atoms with Crippen LogP contribution in [0.3, 0.4) is 0 Å². The van der Waals surface area contributed by atoms with Crippen LogP contribution < -0.4 is 5.32 Å². The second kappa shape index (κ2) is 6.63. The number of piperidine rings is 3. The molecule has 120 valence electrons. The van der Waals surface area contributed by atoms with Crippen molar-refractivity contribution in [1.29, 1.82) is 0 Å². The van der Waals surface area contributed by atoms with Gasteiger partial charge in [0.25, 0.3) is 0 Å². The van der Waals surface area contributed by atoms with Gasteiger partial charge in [0, 0.05) is 18.7 Å². The second-order valence-corrected chi connectivity index (χ2v) is 8.30. The number of hydrogen-bond acceptors (Lipinski definition) is 5. The number of fused-ring (bicyclic) bond motifs is 4. The van der Waals surface area contributed by atoms with Gasteiger partial charge in [0.1, 0.15) is 0 Å². The summed E-state index contributed by atoms with van der Waals surface area (Å²) in [6.45, 7) is 3.40. The molecular formula is C17H19N3OS2. The third kappa shape index (κ3) is 3.44. The van der Waals surface area contributed by atoms with E-state index in [9.17, 15) is 4.79 Å². The van der Waals surface area contributed by atoms with Gasteiger partial charge in [-0.15, -0.1) is 11.3 Å². The molecule has 1 N–H and O–H groups in total. The van der Waals surface area contributed by atoms with Crippen molar-refractivity contribution in [2.24, 2.45) is 5.92 Å². The highest BCUT2D eigenvalue weighted by molar-refractivity contribution is 8.03. The van der Waals surface area contributed by atoms with Crippen molar-refractivity contribution in [2.75, 3.05) is 19.6 Å². The molecule has 2 aromatic rings. The van der Waals surface area contributed by atoms with Crippen LogP contribution in [0.15, 0.2) is 40.1 Å². The Kier molecular flexibility index (Phi) is 4.37. The Hall–Kier alpha value is -1.37. The van der Waals surface area contributed by atoms with E-state index >= 15 is 0 Å². The predicted molar refractivity (Wildman–Crippen MR) is 95.7 cm³/mol. The molecule has 3 aliphatic heterocycles. The van der Waals surface area contributed by atoms with Crippen LogP contribution in [0.5, 0.6) is 0 Å². The molecule has 23 heavy (non-hydrogen) atoms. The third-order valence-electron chi connectivity index (χ3n) is 4.65. The summed E-state index contributed by atoms with van der Waals surface area (Å²) in [5.74, 6) is 0.673. The number of nitrogens with one attached hydrogen (secondary N) is 1. The standard InChI is InChI=1S/C17H19N3OS2/c21-16(18-14-11-20-8-5-12(14)6-9-20)7-10-22-17-19-13-3-1-2-4-15(13)23-17/h1-4,7,10,12,14H,5-6,8-9,11H2,(H,18,21)/t14-/m0/s1. The molecule has 0 spiro atoms. The molecule has 0 saturated carbocycles. The van der Waals surface area contributed by atoms with Gasteiger partial charge in [0.15, 0.2) is 4.34 Å². The number of nitrogens with zero attached hydrogens (tertiary/aromatic N) is 2. The SMILES string of the molecule is O=C(C=CSc1nc2ccccc2s1)N[C@H]1CN2CCC1CC2. The summed E-state index contributed by atoms with van der Waals surface area (Å²) in [5.41, 5.74) is 1.02. The van der Waals surface area contributed by atoms with Crippen molar-refractivity contribution in [2.45, 2.75) is 23.2 Å². The Labute approximate surface area is 144 Å². The van der Waals surface area contributed by atoms with Crippen LogP contribution in [0.4, 0.5) is 0 Å². The van der Waals surface area contributed by atoms with Gasteiger partial charge in [-0.3, -0.25) is 4.79 Å². The Bertz CT molecular complexity index is 701. The third-order valence-corrected chi connectivity index (χ3v) is 6.58. The molecule has 1 amide bonds. The summed E-state index contributed by atoms with van der Waals surface area (Å²) in [4.78, 5) is 19.1. The number of para-hydroxylation sites is 1. The van der Waals surface area contributed by atoms with Crippen molar-refractivity contribution in [3.05, 3.63) is 35.7 Å². The monoisotopic (exact) mass is 345 g/mol. The molecule has 5 rings (SSSR count). The zero-order valence-corrected chi connectivity index (χ0v) is 14.4. The van der Waals surface area contributed by atoms with Gasteiger partial charge >= 0.3 is 0 Å². The van der Waals surface area contributed by atoms with Crippen molar-refractivity contribution in [1.82, 2.24) is 15.2 Å². The maximum absolute atomic E-state index is 12.1. The lowest BCUT2D eigenvalue weighted by Gasteiger charge is -2.44. The van der Waals surface area contributed by atoms with E-state index in [0.717, 1.165) is 16.4 Å². The minimum absolute atomic E-state index is 0.0114. The van der Waals surface area contributed by atoms with Crippen molar-refractivity contribution >= 4 is 39.2 Å². The number of benzene rings is 1. The number of carbonyl (C=O) groups is 1. The van der Waals surface area contributed by atoms with E-state index in [4.69, 9.17) is 0 Å². The number of carbonyl (C=O) groups excluding carboxylic acids is 1. The molecule has 1 aromatic carbocycles. The fraction of sp³-hybridized carbons (Fsp3) is 0.412. The Morgan fingerprint density at radius 1 is 1.35 bits per heavy atom. The topological polar surface area (TPSA) is 45.2 Å². The molecule has 0 unspecified atom stereocenters. The van der Waals surface area contributed by atoms with E-state index in [-0.39, 0.29) is 5.91 Å². The molecule has 3 fully saturated rings. The van der Waals surface area contributed by atoms with E-state index in [1.54, 1.807) is 17.4 Å². The largest absolute Gasteiger partial charge is 0.348 e. The summed E-state index contributed by atoms with van der Waals surface area (Å²) >= 11 is 3.16. The maximum Gasteiger partial charge on any atom is 0.244 e. The first kappa shape index (κ1) is 15.2. The van der Waals surface area contributed by atoms with Crippen LogP contribution in [0, 0.1) is 5.92 Å². The zero-order chi connectivity index (χ0) is 15.6. The smallest absolute Gasteiger partial charge is 0.244 e. The van der Waals surface area contributed by atoms with Gasteiger partial charge in [0.2, 0.25) is 5.91 Å². The lowest BCUT2D eigenvalue weighted by atomic mass is 9.84. The molecule has 6 heteroatoms. The molecule has 1 aromatic heterocycles. The Morgan fingerprint density at radius 3 is 2.91 bits per heavy atom. The van der Waals surface area contributed by atoms with Crippen LogP contribution >= 0.6 is 23.1 Å². The molecule has 3 aliphatic rings. The summed E-state index contributed by atoms with van der Waals surface area (Å²) < 4.78 is 2.15. The summed E-state index contributed by atoms with van der Waals surface area (Å²) in [6, 6.07) is 8.42. The minimum atomic E-state index is 0.0114. The number of thiazole rings is 1. The lowest BCUT2D eigenvalue weighted by Crippen LogP contribution is -2.57. The van der Waals surface area contributed by atoms with Gasteiger partial charge in [0.05, 0.1) is 10.2 Å². The van der Waals surface area contributed by atoms with Crippen molar-refractivity contribution in [3.63, 3.8) is 0 Å². The predicted octanol–water partition coefficient (Wildman–Crippen LogP) is 3.11. The van der Waals surface area contributed by atoms with Crippen LogP contribution in [0.1, 0.15) is 12.8 Å². The summed E-state index contributed by atoms with van der Waals surface area (Å²) in [7, 11) is 0. The Balaban J connectivity index is 1.32. The summed E-state index contributed by atoms with van der Waals surface area (Å²) in [5, 5.41) is 5.01. The highest BCUT2D eigenvalue weighted by Gasteiger charge is 2.34. The molecule has 1 atom stereocenters. The quantitative estimate of drug-likeness (QED) is 0.683. The molecule has 0 aliphatic carbocycles. The van der Waals surface area contributed by atoms with E-state index in [2.05, 4.69) is 21.3 Å². The first-order chi connectivity index (χ1) is 11.3. The van der Waals surface area contributed by atoms with Crippen LogP contribution in [0.25, 0.3) is 10.2 Å². The van der Waals surface area contributed by atoms with E-state index in [1.807, 2.05) is 23.6 Å². The van der Waals surface area contributed by atoms with Gasteiger partial charge in [-0.05, 0) is 49.4 Å². The van der Waals surface area contributed by atoms with Crippen molar-refractivity contribution in [3.8, 4) is 0 Å². The number of amides is 1. The van der Waals surface area contributed by atoms with Gasteiger partial charge < -0.3 is 10.2 Å². The zero-order valence-electron chi connectivity index (χ0n) is 12.8. The average Bonchev–Trinajstić information content (AvgIpc) is 2.98. The first-order valence-corrected chi connectivity index (χ1v) is 9.69. The van der Waals surface area contributed by atoms with Crippen LogP contribution in [-0.2, 0) is 4.79 Å². The average molecular weight is 345 g/mol. The highest BCUT2D eigenvalue weighted by Crippen LogP contribution is 2.30. The van der Waals surface area contributed by atoms with Crippen LogP contribution in [-0.4, -0.2) is 41.5 Å². The minimum Gasteiger partial charge on any atom is -0.348 e. The molecule has 2 bridgehead atoms. The number of rotatable bonds is 4. The van der Waals surface area contributed by atoms with Gasteiger partial charge in [-0.1, -0.05) is 23.9 Å². The van der Waals surface area contributed by atoms with E-state index in [1.165, 1.54) is 42.4 Å². The normalized spacial score (nSPS) is 26.9. The Morgan fingerprint density at radius 2 is 2.17 bits per heavy atom. The molecule has 4 heterocycles. The van der Waals surface area contributed by atoms with E-state index in [0.29, 0.717) is 12.0 Å². The first-order valence-electron chi connectivity index (χ1n) is 7.99. The van der Waals surface area contributed by atoms with E-state index < -0.39 is 0 Å². The van der Waals surface area contributed by atoms with Gasteiger partial charge in [-0.2, -0.15) is 0 Å². The molecule has 4 nitrogen and oxygen atoms in total. The fourth-order valence-corrected chi connectivity index (χ4v) is 5.20. The molecule has 0 radical (unpaired) electrons. The number of thioether (sulfide) groups is 1. The molecule has 3 saturated heterocycles. The van der Waals surface area contributed by atoms with Crippen LogP contribution in [0.2, 0.25) is 0 Å². The number of aromatic nitrogens is 1.